The predicted molar refractivity (Wildman–Crippen MR) is 72.0 cm³/mol. The van der Waals surface area contributed by atoms with Gasteiger partial charge in [-0.15, -0.1) is 0 Å². The fourth-order valence-corrected chi connectivity index (χ4v) is 2.04. The Bertz CT molecular complexity index is 474. The quantitative estimate of drug-likeness (QED) is 0.763. The van der Waals surface area contributed by atoms with E-state index < -0.39 is 0 Å². The van der Waals surface area contributed by atoms with Crippen molar-refractivity contribution >= 4 is 0 Å². The van der Waals surface area contributed by atoms with Crippen molar-refractivity contribution in [2.75, 3.05) is 7.11 Å². The molecule has 0 saturated heterocycles. The maximum Gasteiger partial charge on any atom is 0.0719 e. The summed E-state index contributed by atoms with van der Waals surface area (Å²) >= 11 is 0. The molecule has 2 aromatic carbocycles. The average molecular weight is 226 g/mol. The molecule has 0 spiro atoms. The highest BCUT2D eigenvalue weighted by Gasteiger charge is 2.05. The third kappa shape index (κ3) is 2.75. The van der Waals surface area contributed by atoms with Crippen molar-refractivity contribution in [3.8, 4) is 11.1 Å². The summed E-state index contributed by atoms with van der Waals surface area (Å²) in [7, 11) is 1.74. The van der Waals surface area contributed by atoms with Gasteiger partial charge in [-0.05, 0) is 28.7 Å². The van der Waals surface area contributed by atoms with Crippen molar-refractivity contribution in [2.45, 2.75) is 20.0 Å². The number of hydrogen-bond donors (Lipinski definition) is 0. The second-order valence-corrected chi connectivity index (χ2v) is 4.14. The van der Waals surface area contributed by atoms with E-state index in [0.717, 1.165) is 6.42 Å². The molecule has 1 nitrogen and oxygen atoms in total. The van der Waals surface area contributed by atoms with Crippen molar-refractivity contribution < 1.29 is 4.74 Å². The molecule has 0 aliphatic carbocycles. The number of methoxy groups -OCH3 is 1. The molecule has 0 aliphatic rings. The van der Waals surface area contributed by atoms with Crippen molar-refractivity contribution in [2.24, 2.45) is 0 Å². The van der Waals surface area contributed by atoms with Gasteiger partial charge in [0.25, 0.3) is 0 Å². The zero-order valence-electron chi connectivity index (χ0n) is 10.4. The lowest BCUT2D eigenvalue weighted by molar-refractivity contribution is 0.185. The number of hydrogen-bond acceptors (Lipinski definition) is 1. The van der Waals surface area contributed by atoms with Crippen LogP contribution >= 0.6 is 0 Å². The van der Waals surface area contributed by atoms with Crippen LogP contribution in [0.3, 0.4) is 0 Å². The highest BCUT2D eigenvalue weighted by atomic mass is 16.5. The first-order valence-corrected chi connectivity index (χ1v) is 6.01. The first-order chi connectivity index (χ1) is 8.35. The van der Waals surface area contributed by atoms with Gasteiger partial charge in [0.05, 0.1) is 6.61 Å². The minimum absolute atomic E-state index is 0.665. The summed E-state index contributed by atoms with van der Waals surface area (Å²) in [6.07, 6.45) is 1.06. The lowest BCUT2D eigenvalue weighted by Crippen LogP contribution is -1.94. The molecule has 2 rings (SSSR count). The van der Waals surface area contributed by atoms with Gasteiger partial charge in [-0.1, -0.05) is 55.5 Å². The maximum absolute atomic E-state index is 5.29. The molecule has 0 N–H and O–H groups in total. The lowest BCUT2D eigenvalue weighted by Gasteiger charge is -2.11. The van der Waals surface area contributed by atoms with Crippen LogP contribution in [0.15, 0.2) is 48.5 Å². The maximum atomic E-state index is 5.29. The van der Waals surface area contributed by atoms with Gasteiger partial charge in [0, 0.05) is 7.11 Å². The molecule has 0 radical (unpaired) electrons. The Balaban J connectivity index is 2.46. The first-order valence-electron chi connectivity index (χ1n) is 6.01. The fourth-order valence-electron chi connectivity index (χ4n) is 2.04. The predicted octanol–water partition coefficient (Wildman–Crippen LogP) is 4.06. The Kier molecular flexibility index (Phi) is 3.94. The molecule has 2 aromatic rings. The Hall–Kier alpha value is -1.60. The molecule has 17 heavy (non-hydrogen) atoms. The normalized spacial score (nSPS) is 10.5. The summed E-state index contributed by atoms with van der Waals surface area (Å²) in [6, 6.07) is 17.1. The minimum Gasteiger partial charge on any atom is -0.380 e. The summed E-state index contributed by atoms with van der Waals surface area (Å²) in [5.74, 6) is 0. The van der Waals surface area contributed by atoms with Gasteiger partial charge in [0.2, 0.25) is 0 Å². The number of aryl methyl sites for hydroxylation is 1. The van der Waals surface area contributed by atoms with Gasteiger partial charge in [-0.25, -0.2) is 0 Å². The van der Waals surface area contributed by atoms with E-state index in [9.17, 15) is 0 Å². The van der Waals surface area contributed by atoms with Crippen LogP contribution in [0.5, 0.6) is 0 Å². The molecule has 0 fully saturated rings. The summed E-state index contributed by atoms with van der Waals surface area (Å²) in [4.78, 5) is 0. The Labute approximate surface area is 103 Å². The van der Waals surface area contributed by atoms with Gasteiger partial charge >= 0.3 is 0 Å². The van der Waals surface area contributed by atoms with E-state index in [2.05, 4.69) is 49.4 Å². The van der Waals surface area contributed by atoms with E-state index in [1.165, 1.54) is 22.3 Å². The van der Waals surface area contributed by atoms with Crippen LogP contribution in [0.4, 0.5) is 0 Å². The van der Waals surface area contributed by atoms with Crippen LogP contribution in [0.1, 0.15) is 18.1 Å². The third-order valence-electron chi connectivity index (χ3n) is 2.96. The standard InChI is InChI=1S/C16H18O/c1-3-13-9-10-16(15(11-13)12-17-2)14-7-5-4-6-8-14/h4-11H,3,12H2,1-2H3. The molecular formula is C16H18O. The van der Waals surface area contributed by atoms with Gasteiger partial charge in [-0.3, -0.25) is 0 Å². The topological polar surface area (TPSA) is 9.23 Å². The zero-order valence-corrected chi connectivity index (χ0v) is 10.4. The second kappa shape index (κ2) is 5.65. The van der Waals surface area contributed by atoms with Crippen LogP contribution in [0.25, 0.3) is 11.1 Å². The van der Waals surface area contributed by atoms with E-state index in [1.54, 1.807) is 7.11 Å². The third-order valence-corrected chi connectivity index (χ3v) is 2.96. The summed E-state index contributed by atoms with van der Waals surface area (Å²) in [5, 5.41) is 0. The van der Waals surface area contributed by atoms with E-state index in [4.69, 9.17) is 4.74 Å². The SMILES string of the molecule is CCc1ccc(-c2ccccc2)c(COC)c1. The number of rotatable bonds is 4. The van der Waals surface area contributed by atoms with Crippen molar-refractivity contribution in [1.29, 1.82) is 0 Å². The molecule has 88 valence electrons. The fraction of sp³-hybridized carbons (Fsp3) is 0.250. The zero-order chi connectivity index (χ0) is 12.1. The van der Waals surface area contributed by atoms with Crippen LogP contribution in [0, 0.1) is 0 Å². The van der Waals surface area contributed by atoms with Crippen LogP contribution in [-0.2, 0) is 17.8 Å². The van der Waals surface area contributed by atoms with Gasteiger partial charge in [-0.2, -0.15) is 0 Å². The Morgan fingerprint density at radius 1 is 1.00 bits per heavy atom. The van der Waals surface area contributed by atoms with Crippen LogP contribution in [0.2, 0.25) is 0 Å². The Morgan fingerprint density at radius 2 is 1.76 bits per heavy atom. The summed E-state index contributed by atoms with van der Waals surface area (Å²) in [6.45, 7) is 2.84. The van der Waals surface area contributed by atoms with Gasteiger partial charge in [0.1, 0.15) is 0 Å². The molecular weight excluding hydrogens is 208 g/mol. The smallest absolute Gasteiger partial charge is 0.0719 e. The highest BCUT2D eigenvalue weighted by Crippen LogP contribution is 2.25. The number of ether oxygens (including phenoxy) is 1. The van der Waals surface area contributed by atoms with E-state index >= 15 is 0 Å². The summed E-state index contributed by atoms with van der Waals surface area (Å²) < 4.78 is 5.29. The summed E-state index contributed by atoms with van der Waals surface area (Å²) in [5.41, 5.74) is 5.14. The van der Waals surface area contributed by atoms with Crippen molar-refractivity contribution in [3.63, 3.8) is 0 Å². The molecule has 0 aliphatic heterocycles. The largest absolute Gasteiger partial charge is 0.380 e. The second-order valence-electron chi connectivity index (χ2n) is 4.14. The lowest BCUT2D eigenvalue weighted by atomic mass is 9.97. The molecule has 1 heteroatoms. The number of benzene rings is 2. The van der Waals surface area contributed by atoms with Crippen molar-refractivity contribution in [3.05, 3.63) is 59.7 Å². The average Bonchev–Trinajstić information content (AvgIpc) is 2.40. The molecule has 0 saturated carbocycles. The first kappa shape index (κ1) is 11.9. The monoisotopic (exact) mass is 226 g/mol. The van der Waals surface area contributed by atoms with Gasteiger partial charge < -0.3 is 4.74 Å². The molecule has 0 amide bonds. The molecule has 0 aromatic heterocycles. The van der Waals surface area contributed by atoms with Crippen LogP contribution < -0.4 is 0 Å². The molecule has 0 bridgehead atoms. The van der Waals surface area contributed by atoms with Crippen LogP contribution in [-0.4, -0.2) is 7.11 Å². The highest BCUT2D eigenvalue weighted by molar-refractivity contribution is 5.67. The van der Waals surface area contributed by atoms with Crippen molar-refractivity contribution in [1.82, 2.24) is 0 Å². The van der Waals surface area contributed by atoms with Gasteiger partial charge in [0.15, 0.2) is 0 Å². The molecule has 0 unspecified atom stereocenters. The molecule has 0 atom stereocenters. The Morgan fingerprint density at radius 3 is 2.41 bits per heavy atom. The van der Waals surface area contributed by atoms with E-state index in [-0.39, 0.29) is 0 Å². The van der Waals surface area contributed by atoms with E-state index in [0.29, 0.717) is 6.61 Å². The molecule has 0 heterocycles. The minimum atomic E-state index is 0.665. The van der Waals surface area contributed by atoms with E-state index in [1.807, 2.05) is 6.07 Å².